The molecule has 2 rings (SSSR count). The van der Waals surface area contributed by atoms with Crippen LogP contribution >= 0.6 is 11.8 Å². The van der Waals surface area contributed by atoms with Gasteiger partial charge in [0.15, 0.2) is 0 Å². The molecule has 1 heterocycles. The van der Waals surface area contributed by atoms with Crippen molar-refractivity contribution in [3.8, 4) is 0 Å². The van der Waals surface area contributed by atoms with Crippen LogP contribution in [0.3, 0.4) is 0 Å². The average Bonchev–Trinajstić information content (AvgIpc) is 2.29. The van der Waals surface area contributed by atoms with Crippen molar-refractivity contribution in [1.29, 1.82) is 0 Å². The third-order valence-electron chi connectivity index (χ3n) is 1.96. The average molecular weight is 249 g/mol. The Labute approximate surface area is 101 Å². The number of nitrogens with zero attached hydrogens (tertiary/aromatic N) is 1. The second-order valence-electron chi connectivity index (χ2n) is 3.23. The van der Waals surface area contributed by atoms with E-state index in [9.17, 15) is 9.18 Å². The Morgan fingerprint density at radius 1 is 1.24 bits per heavy atom. The zero-order chi connectivity index (χ0) is 12.3. The second-order valence-corrected chi connectivity index (χ2v) is 4.32. The number of pyridine rings is 1. The topological polar surface area (TPSA) is 50.2 Å². The molecule has 0 aliphatic heterocycles. The van der Waals surface area contributed by atoms with E-state index in [0.717, 1.165) is 0 Å². The number of rotatable bonds is 3. The van der Waals surface area contributed by atoms with Gasteiger partial charge in [-0.3, -0.25) is 0 Å². The van der Waals surface area contributed by atoms with Gasteiger partial charge in [-0.05, 0) is 30.3 Å². The standard InChI is InChI=1S/C12H8FNO2S/c13-8-3-1-4-9(7-8)17-11-6-2-5-10(14-11)12(15)16/h1-7H,(H,15,16). The molecule has 86 valence electrons. The number of halogens is 1. The van der Waals surface area contributed by atoms with Crippen LogP contribution in [0.1, 0.15) is 10.5 Å². The molecule has 0 bridgehead atoms. The third-order valence-corrected chi connectivity index (χ3v) is 2.89. The van der Waals surface area contributed by atoms with E-state index >= 15 is 0 Å². The molecule has 0 aliphatic rings. The molecule has 0 fully saturated rings. The highest BCUT2D eigenvalue weighted by Gasteiger charge is 2.06. The first-order valence-electron chi connectivity index (χ1n) is 4.79. The zero-order valence-electron chi connectivity index (χ0n) is 8.63. The van der Waals surface area contributed by atoms with E-state index in [1.165, 1.54) is 30.0 Å². The molecule has 0 aliphatic carbocycles. The molecule has 1 aromatic carbocycles. The van der Waals surface area contributed by atoms with Crippen LogP contribution < -0.4 is 0 Å². The molecule has 5 heteroatoms. The minimum Gasteiger partial charge on any atom is -0.477 e. The van der Waals surface area contributed by atoms with Gasteiger partial charge < -0.3 is 5.11 Å². The lowest BCUT2D eigenvalue weighted by molar-refractivity contribution is 0.0689. The fraction of sp³-hybridized carbons (Fsp3) is 0. The first-order valence-corrected chi connectivity index (χ1v) is 5.60. The van der Waals surface area contributed by atoms with Crippen LogP contribution in [0.5, 0.6) is 0 Å². The van der Waals surface area contributed by atoms with Gasteiger partial charge >= 0.3 is 5.97 Å². The van der Waals surface area contributed by atoms with Crippen molar-refractivity contribution in [3.63, 3.8) is 0 Å². The quantitative estimate of drug-likeness (QED) is 0.908. The molecular weight excluding hydrogens is 241 g/mol. The predicted molar refractivity (Wildman–Crippen MR) is 61.7 cm³/mol. The highest BCUT2D eigenvalue weighted by atomic mass is 32.2. The Hall–Kier alpha value is -1.88. The number of aromatic nitrogens is 1. The summed E-state index contributed by atoms with van der Waals surface area (Å²) in [6.07, 6.45) is 0. The van der Waals surface area contributed by atoms with E-state index in [-0.39, 0.29) is 11.5 Å². The van der Waals surface area contributed by atoms with E-state index in [2.05, 4.69) is 4.98 Å². The predicted octanol–water partition coefficient (Wildman–Crippen LogP) is 3.07. The van der Waals surface area contributed by atoms with Crippen LogP contribution in [-0.4, -0.2) is 16.1 Å². The number of hydrogen-bond acceptors (Lipinski definition) is 3. The monoisotopic (exact) mass is 249 g/mol. The third kappa shape index (κ3) is 3.04. The zero-order valence-corrected chi connectivity index (χ0v) is 9.45. The van der Waals surface area contributed by atoms with E-state index in [0.29, 0.717) is 9.92 Å². The van der Waals surface area contributed by atoms with Crippen molar-refractivity contribution in [3.05, 3.63) is 54.0 Å². The van der Waals surface area contributed by atoms with Crippen LogP contribution in [-0.2, 0) is 0 Å². The number of hydrogen-bond donors (Lipinski definition) is 1. The molecule has 0 saturated heterocycles. The summed E-state index contributed by atoms with van der Waals surface area (Å²) < 4.78 is 12.9. The molecule has 3 nitrogen and oxygen atoms in total. The van der Waals surface area contributed by atoms with Crippen molar-refractivity contribution in [2.75, 3.05) is 0 Å². The van der Waals surface area contributed by atoms with Crippen molar-refractivity contribution >= 4 is 17.7 Å². The van der Waals surface area contributed by atoms with Crippen molar-refractivity contribution < 1.29 is 14.3 Å². The summed E-state index contributed by atoms with van der Waals surface area (Å²) in [6.45, 7) is 0. The van der Waals surface area contributed by atoms with E-state index in [4.69, 9.17) is 5.11 Å². The van der Waals surface area contributed by atoms with Gasteiger partial charge in [-0.2, -0.15) is 0 Å². The summed E-state index contributed by atoms with van der Waals surface area (Å²) in [4.78, 5) is 15.3. The number of carbonyl (C=O) groups is 1. The second kappa shape index (κ2) is 4.97. The molecule has 2 aromatic rings. The highest BCUT2D eigenvalue weighted by molar-refractivity contribution is 7.99. The minimum atomic E-state index is -1.08. The number of benzene rings is 1. The maximum atomic E-state index is 12.9. The number of aromatic carboxylic acids is 1. The molecule has 0 saturated carbocycles. The summed E-state index contributed by atoms with van der Waals surface area (Å²) in [5, 5.41) is 9.31. The number of carboxylic acids is 1. The molecule has 0 radical (unpaired) electrons. The molecular formula is C12H8FNO2S. The van der Waals surface area contributed by atoms with Crippen LogP contribution in [0.2, 0.25) is 0 Å². The highest BCUT2D eigenvalue weighted by Crippen LogP contribution is 2.26. The Morgan fingerprint density at radius 2 is 2.00 bits per heavy atom. The normalized spacial score (nSPS) is 10.2. The molecule has 1 N–H and O–H groups in total. The van der Waals surface area contributed by atoms with Gasteiger partial charge in [0.05, 0.1) is 0 Å². The lowest BCUT2D eigenvalue weighted by Gasteiger charge is -2.01. The Morgan fingerprint density at radius 3 is 2.71 bits per heavy atom. The SMILES string of the molecule is O=C(O)c1cccc(Sc2cccc(F)c2)n1. The van der Waals surface area contributed by atoms with E-state index in [1.807, 2.05) is 0 Å². The summed E-state index contributed by atoms with van der Waals surface area (Å²) >= 11 is 1.22. The van der Waals surface area contributed by atoms with Gasteiger partial charge in [0.2, 0.25) is 0 Å². The first kappa shape index (κ1) is 11.6. The Kier molecular flexibility index (Phi) is 3.39. The summed E-state index contributed by atoms with van der Waals surface area (Å²) in [5.74, 6) is -1.41. The van der Waals surface area contributed by atoms with Gasteiger partial charge in [0.1, 0.15) is 16.5 Å². The molecule has 1 aromatic heterocycles. The molecule has 0 amide bonds. The van der Waals surface area contributed by atoms with E-state index < -0.39 is 5.97 Å². The van der Waals surface area contributed by atoms with Crippen LogP contribution in [0.15, 0.2) is 52.4 Å². The van der Waals surface area contributed by atoms with Crippen LogP contribution in [0.25, 0.3) is 0 Å². The molecule has 0 spiro atoms. The largest absolute Gasteiger partial charge is 0.477 e. The molecule has 0 unspecified atom stereocenters. The van der Waals surface area contributed by atoms with Crippen molar-refractivity contribution in [2.24, 2.45) is 0 Å². The smallest absolute Gasteiger partial charge is 0.354 e. The molecule has 0 atom stereocenters. The summed E-state index contributed by atoms with van der Waals surface area (Å²) in [6, 6.07) is 10.8. The maximum absolute atomic E-state index is 12.9. The Balaban J connectivity index is 2.24. The van der Waals surface area contributed by atoms with Gasteiger partial charge in [0.25, 0.3) is 0 Å². The fourth-order valence-electron chi connectivity index (χ4n) is 1.24. The molecule has 17 heavy (non-hydrogen) atoms. The van der Waals surface area contributed by atoms with Crippen LogP contribution in [0.4, 0.5) is 4.39 Å². The Bertz CT molecular complexity index is 560. The van der Waals surface area contributed by atoms with Gasteiger partial charge in [-0.1, -0.05) is 23.9 Å². The van der Waals surface area contributed by atoms with E-state index in [1.54, 1.807) is 24.3 Å². The van der Waals surface area contributed by atoms with Crippen molar-refractivity contribution in [2.45, 2.75) is 9.92 Å². The fourth-order valence-corrected chi connectivity index (χ4v) is 2.09. The van der Waals surface area contributed by atoms with Crippen molar-refractivity contribution in [1.82, 2.24) is 4.98 Å². The van der Waals surface area contributed by atoms with Gasteiger partial charge in [-0.15, -0.1) is 0 Å². The van der Waals surface area contributed by atoms with Gasteiger partial charge in [-0.25, -0.2) is 14.2 Å². The maximum Gasteiger partial charge on any atom is 0.354 e. The lowest BCUT2D eigenvalue weighted by Crippen LogP contribution is -1.99. The minimum absolute atomic E-state index is 0.0218. The number of carboxylic acid groups (broad SMARTS) is 1. The van der Waals surface area contributed by atoms with Crippen LogP contribution in [0, 0.1) is 5.82 Å². The summed E-state index contributed by atoms with van der Waals surface area (Å²) in [5.41, 5.74) is -0.0218. The lowest BCUT2D eigenvalue weighted by atomic mass is 10.3. The first-order chi connectivity index (χ1) is 8.15. The van der Waals surface area contributed by atoms with Gasteiger partial charge in [0, 0.05) is 4.90 Å². The summed E-state index contributed by atoms with van der Waals surface area (Å²) in [7, 11) is 0.